The number of carboxylic acid groups (broad SMARTS) is 1. The lowest BCUT2D eigenvalue weighted by Crippen LogP contribution is -2.52. The second kappa shape index (κ2) is 5.46. The van der Waals surface area contributed by atoms with Crippen molar-refractivity contribution in [1.82, 2.24) is 0 Å². The van der Waals surface area contributed by atoms with Crippen LogP contribution in [-0.4, -0.2) is 29.3 Å². The standard InChI is InChI=1S/C16H15F5O3/c1-14(2,3)9-5-4-8-6-10(13(22)23)12(24-11(8)7-9)15(17,18)16(19,20)21/h4-7,12H,1-3H3,(H,22,23). The van der Waals surface area contributed by atoms with Crippen LogP contribution in [-0.2, 0) is 10.2 Å². The maximum atomic E-state index is 13.7. The van der Waals surface area contributed by atoms with E-state index in [1.165, 1.54) is 12.1 Å². The summed E-state index contributed by atoms with van der Waals surface area (Å²) in [6.45, 7) is 5.49. The van der Waals surface area contributed by atoms with Gasteiger partial charge in [0, 0.05) is 5.56 Å². The molecule has 8 heteroatoms. The van der Waals surface area contributed by atoms with E-state index in [2.05, 4.69) is 0 Å². The van der Waals surface area contributed by atoms with Crippen molar-refractivity contribution < 1.29 is 36.6 Å². The van der Waals surface area contributed by atoms with E-state index >= 15 is 0 Å². The van der Waals surface area contributed by atoms with Crippen LogP contribution in [0.5, 0.6) is 5.75 Å². The van der Waals surface area contributed by atoms with Crippen molar-refractivity contribution in [2.45, 2.75) is 44.4 Å². The summed E-state index contributed by atoms with van der Waals surface area (Å²) in [5.41, 5.74) is -0.748. The SMILES string of the molecule is CC(C)(C)c1ccc2c(c1)OC(C(F)(F)C(F)(F)F)C(C(=O)O)=C2. The normalized spacial score (nSPS) is 18.5. The molecule has 0 aromatic heterocycles. The maximum absolute atomic E-state index is 13.7. The van der Waals surface area contributed by atoms with Crippen molar-refractivity contribution in [1.29, 1.82) is 0 Å². The van der Waals surface area contributed by atoms with E-state index in [1.54, 1.807) is 6.07 Å². The Morgan fingerprint density at radius 1 is 1.12 bits per heavy atom. The monoisotopic (exact) mass is 350 g/mol. The summed E-state index contributed by atoms with van der Waals surface area (Å²) in [5, 5.41) is 9.00. The number of benzene rings is 1. The van der Waals surface area contributed by atoms with Crippen LogP contribution in [0, 0.1) is 0 Å². The first kappa shape index (κ1) is 18.2. The molecule has 1 N–H and O–H groups in total. The van der Waals surface area contributed by atoms with Gasteiger partial charge in [0.1, 0.15) is 5.75 Å². The van der Waals surface area contributed by atoms with Crippen LogP contribution in [0.2, 0.25) is 0 Å². The first-order chi connectivity index (χ1) is 10.7. The Hall–Kier alpha value is -2.12. The van der Waals surface area contributed by atoms with Crippen LogP contribution < -0.4 is 4.74 Å². The fourth-order valence-corrected chi connectivity index (χ4v) is 2.25. The molecule has 0 fully saturated rings. The molecule has 1 heterocycles. The predicted octanol–water partition coefficient (Wildman–Crippen LogP) is 4.41. The van der Waals surface area contributed by atoms with Crippen molar-refractivity contribution in [2.24, 2.45) is 0 Å². The molecule has 1 aliphatic rings. The van der Waals surface area contributed by atoms with Gasteiger partial charge in [-0.2, -0.15) is 22.0 Å². The Labute approximate surface area is 134 Å². The quantitative estimate of drug-likeness (QED) is 0.804. The second-order valence-electron chi connectivity index (χ2n) is 6.53. The summed E-state index contributed by atoms with van der Waals surface area (Å²) >= 11 is 0. The number of fused-ring (bicyclic) bond motifs is 1. The number of hydrogen-bond acceptors (Lipinski definition) is 2. The number of ether oxygens (including phenoxy) is 1. The van der Waals surface area contributed by atoms with Gasteiger partial charge >= 0.3 is 18.1 Å². The highest BCUT2D eigenvalue weighted by Gasteiger charge is 2.66. The van der Waals surface area contributed by atoms with E-state index < -0.39 is 35.2 Å². The average Bonchev–Trinajstić information content (AvgIpc) is 2.42. The Morgan fingerprint density at radius 3 is 2.17 bits per heavy atom. The summed E-state index contributed by atoms with van der Waals surface area (Å²) in [6, 6.07) is 4.42. The number of alkyl halides is 5. The minimum absolute atomic E-state index is 0.134. The molecule has 2 rings (SSSR count). The molecule has 24 heavy (non-hydrogen) atoms. The van der Waals surface area contributed by atoms with Crippen molar-refractivity contribution in [3.8, 4) is 5.75 Å². The zero-order valence-electron chi connectivity index (χ0n) is 13.0. The van der Waals surface area contributed by atoms with Gasteiger partial charge in [-0.25, -0.2) is 4.79 Å². The fourth-order valence-electron chi connectivity index (χ4n) is 2.25. The van der Waals surface area contributed by atoms with Gasteiger partial charge in [0.05, 0.1) is 5.57 Å². The molecule has 0 spiro atoms. The third kappa shape index (κ3) is 3.09. The van der Waals surface area contributed by atoms with E-state index in [9.17, 15) is 26.7 Å². The summed E-state index contributed by atoms with van der Waals surface area (Å²) in [7, 11) is 0. The van der Waals surface area contributed by atoms with Gasteiger partial charge in [-0.3, -0.25) is 0 Å². The molecule has 0 radical (unpaired) electrons. The van der Waals surface area contributed by atoms with Crippen LogP contribution in [0.15, 0.2) is 23.8 Å². The summed E-state index contributed by atoms with van der Waals surface area (Å²) in [4.78, 5) is 11.1. The third-order valence-corrected chi connectivity index (χ3v) is 3.67. The van der Waals surface area contributed by atoms with E-state index in [4.69, 9.17) is 9.84 Å². The van der Waals surface area contributed by atoms with Crippen molar-refractivity contribution in [2.75, 3.05) is 0 Å². The largest absolute Gasteiger partial charge is 0.478 e. The number of halogens is 5. The zero-order chi connectivity index (χ0) is 18.5. The molecule has 0 amide bonds. The molecule has 1 aromatic carbocycles. The van der Waals surface area contributed by atoms with Crippen molar-refractivity contribution in [3.63, 3.8) is 0 Å². The van der Waals surface area contributed by atoms with Crippen LogP contribution in [0.3, 0.4) is 0 Å². The Bertz CT molecular complexity index is 699. The van der Waals surface area contributed by atoms with Gasteiger partial charge in [0.2, 0.25) is 6.10 Å². The summed E-state index contributed by atoms with van der Waals surface area (Å²) < 4.78 is 70.2. The molecule has 1 aromatic rings. The number of aliphatic carboxylic acids is 1. The van der Waals surface area contributed by atoms with Gasteiger partial charge in [0.25, 0.3) is 0 Å². The average molecular weight is 350 g/mol. The lowest BCUT2D eigenvalue weighted by Gasteiger charge is -2.33. The number of rotatable bonds is 2. The molecule has 0 aliphatic carbocycles. The van der Waals surface area contributed by atoms with Crippen molar-refractivity contribution in [3.05, 3.63) is 34.9 Å². The van der Waals surface area contributed by atoms with E-state index in [0.717, 1.165) is 6.08 Å². The van der Waals surface area contributed by atoms with Gasteiger partial charge in [-0.05, 0) is 23.1 Å². The first-order valence-corrected chi connectivity index (χ1v) is 6.96. The second-order valence-corrected chi connectivity index (χ2v) is 6.53. The molecule has 0 bridgehead atoms. The topological polar surface area (TPSA) is 46.5 Å². The Morgan fingerprint density at radius 2 is 1.71 bits per heavy atom. The lowest BCUT2D eigenvalue weighted by molar-refractivity contribution is -0.303. The van der Waals surface area contributed by atoms with Crippen LogP contribution in [0.4, 0.5) is 22.0 Å². The Kier molecular flexibility index (Phi) is 4.14. The van der Waals surface area contributed by atoms with Crippen LogP contribution in [0.1, 0.15) is 31.9 Å². The molecule has 0 saturated carbocycles. The number of carboxylic acids is 1. The lowest BCUT2D eigenvalue weighted by atomic mass is 9.85. The summed E-state index contributed by atoms with van der Waals surface area (Å²) in [5.74, 6) is -7.44. The molecule has 1 unspecified atom stereocenters. The number of carbonyl (C=O) groups is 1. The summed E-state index contributed by atoms with van der Waals surface area (Å²) in [6.07, 6.45) is -8.10. The fraction of sp³-hybridized carbons (Fsp3) is 0.438. The minimum atomic E-state index is -5.94. The molecule has 0 saturated heterocycles. The van der Waals surface area contributed by atoms with Crippen LogP contribution in [0.25, 0.3) is 6.08 Å². The number of hydrogen-bond donors (Lipinski definition) is 1. The highest BCUT2D eigenvalue weighted by molar-refractivity contribution is 5.95. The first-order valence-electron chi connectivity index (χ1n) is 6.96. The minimum Gasteiger partial charge on any atom is -0.478 e. The van der Waals surface area contributed by atoms with Gasteiger partial charge in [-0.15, -0.1) is 0 Å². The van der Waals surface area contributed by atoms with Gasteiger partial charge < -0.3 is 9.84 Å². The van der Waals surface area contributed by atoms with E-state index in [-0.39, 0.29) is 11.3 Å². The molecule has 1 aliphatic heterocycles. The molecular formula is C16H15F5O3. The van der Waals surface area contributed by atoms with E-state index in [0.29, 0.717) is 5.56 Å². The molecule has 132 valence electrons. The maximum Gasteiger partial charge on any atom is 0.457 e. The molecular weight excluding hydrogens is 335 g/mol. The zero-order valence-corrected chi connectivity index (χ0v) is 13.0. The Balaban J connectivity index is 2.58. The molecule has 3 nitrogen and oxygen atoms in total. The van der Waals surface area contributed by atoms with Gasteiger partial charge in [0.15, 0.2) is 0 Å². The van der Waals surface area contributed by atoms with E-state index in [1.807, 2.05) is 20.8 Å². The molecule has 1 atom stereocenters. The highest BCUT2D eigenvalue weighted by atomic mass is 19.4. The predicted molar refractivity (Wildman–Crippen MR) is 76.2 cm³/mol. The smallest absolute Gasteiger partial charge is 0.457 e. The van der Waals surface area contributed by atoms with Crippen LogP contribution >= 0.6 is 0 Å². The third-order valence-electron chi connectivity index (χ3n) is 3.67. The highest BCUT2D eigenvalue weighted by Crippen LogP contribution is 2.45. The van der Waals surface area contributed by atoms with Crippen molar-refractivity contribution >= 4 is 12.0 Å². The van der Waals surface area contributed by atoms with Gasteiger partial charge in [-0.1, -0.05) is 32.9 Å².